The second kappa shape index (κ2) is 8.07. The summed E-state index contributed by atoms with van der Waals surface area (Å²) in [4.78, 5) is 19.2. The normalized spacial score (nSPS) is 20.6. The first-order valence-corrected chi connectivity index (χ1v) is 10.2. The number of carbonyl (C=O) groups excluding carboxylic acids is 1. The second-order valence-electron chi connectivity index (χ2n) is 7.64. The summed E-state index contributed by atoms with van der Waals surface area (Å²) < 4.78 is 0. The summed E-state index contributed by atoms with van der Waals surface area (Å²) in [6, 6.07) is 5.95. The Morgan fingerprint density at radius 2 is 1.67 bits per heavy atom. The van der Waals surface area contributed by atoms with Crippen molar-refractivity contribution in [2.45, 2.75) is 32.1 Å². The Kier molecular flexibility index (Phi) is 5.37. The highest BCUT2D eigenvalue weighted by atomic mass is 16.3. The largest absolute Gasteiger partial charge is 0.506 e. The molecule has 0 unspecified atom stereocenters. The average molecular weight is 367 g/mol. The molecule has 27 heavy (non-hydrogen) atoms. The van der Waals surface area contributed by atoms with Crippen LogP contribution in [0.5, 0.6) is 5.75 Å². The molecule has 2 fully saturated rings. The lowest BCUT2D eigenvalue weighted by atomic mass is 10.1. The van der Waals surface area contributed by atoms with E-state index in [9.17, 15) is 9.90 Å². The molecule has 0 aromatic heterocycles. The fourth-order valence-electron chi connectivity index (χ4n) is 4.22. The summed E-state index contributed by atoms with van der Waals surface area (Å²) in [5, 5.41) is 10.4. The molecule has 1 aromatic rings. The molecule has 144 valence electrons. The van der Waals surface area contributed by atoms with Gasteiger partial charge in [0.05, 0.1) is 5.69 Å². The lowest BCUT2D eigenvalue weighted by Gasteiger charge is -2.37. The van der Waals surface area contributed by atoms with Crippen LogP contribution in [0.4, 0.5) is 11.4 Å². The molecule has 0 atom stereocenters. The van der Waals surface area contributed by atoms with Crippen LogP contribution < -0.4 is 9.80 Å². The summed E-state index contributed by atoms with van der Waals surface area (Å²) in [6.07, 6.45) is 11.8. The van der Waals surface area contributed by atoms with Crippen LogP contribution >= 0.6 is 0 Å². The SMILES string of the molecule is O=C(C1=CCCC=C1)N1CCN(c2cc(N3CCCCC3)ccc2O)CC1. The number of phenols is 1. The average Bonchev–Trinajstić information content (AvgIpc) is 2.75. The minimum atomic E-state index is 0.136. The Bertz CT molecular complexity index is 742. The highest BCUT2D eigenvalue weighted by Crippen LogP contribution is 2.33. The van der Waals surface area contributed by atoms with Crippen LogP contribution in [0.25, 0.3) is 0 Å². The Hall–Kier alpha value is -2.43. The minimum absolute atomic E-state index is 0.136. The van der Waals surface area contributed by atoms with E-state index in [0.29, 0.717) is 18.8 Å². The molecule has 0 radical (unpaired) electrons. The number of benzene rings is 1. The number of piperidine rings is 1. The van der Waals surface area contributed by atoms with Gasteiger partial charge in [-0.15, -0.1) is 0 Å². The zero-order chi connectivity index (χ0) is 18.6. The van der Waals surface area contributed by atoms with Crippen LogP contribution in [-0.4, -0.2) is 55.2 Å². The third-order valence-corrected chi connectivity index (χ3v) is 5.83. The predicted molar refractivity (Wildman–Crippen MR) is 109 cm³/mol. The maximum absolute atomic E-state index is 12.7. The lowest BCUT2D eigenvalue weighted by molar-refractivity contribution is -0.127. The summed E-state index contributed by atoms with van der Waals surface area (Å²) >= 11 is 0. The minimum Gasteiger partial charge on any atom is -0.506 e. The molecule has 2 aliphatic heterocycles. The summed E-state index contributed by atoms with van der Waals surface area (Å²) in [7, 11) is 0. The van der Waals surface area contributed by atoms with Crippen molar-refractivity contribution in [3.63, 3.8) is 0 Å². The highest BCUT2D eigenvalue weighted by Gasteiger charge is 2.25. The van der Waals surface area contributed by atoms with Gasteiger partial charge in [-0.3, -0.25) is 4.79 Å². The number of allylic oxidation sites excluding steroid dienone is 2. The summed E-state index contributed by atoms with van der Waals surface area (Å²) in [5.41, 5.74) is 2.91. The molecule has 0 saturated carbocycles. The molecule has 2 saturated heterocycles. The van der Waals surface area contributed by atoms with Crippen molar-refractivity contribution in [2.75, 3.05) is 49.1 Å². The maximum Gasteiger partial charge on any atom is 0.253 e. The standard InChI is InChI=1S/C22H29N3O2/c26-21-10-9-19(23-11-5-2-6-12-23)17-20(21)24-13-15-25(16-14-24)22(27)18-7-3-1-4-8-18/h3,7-10,17,26H,1-2,4-6,11-16H2. The monoisotopic (exact) mass is 367 g/mol. The first-order chi connectivity index (χ1) is 13.2. The van der Waals surface area contributed by atoms with E-state index in [-0.39, 0.29) is 5.91 Å². The fraction of sp³-hybridized carbons (Fsp3) is 0.500. The van der Waals surface area contributed by atoms with Gasteiger partial charge in [0.2, 0.25) is 0 Å². The van der Waals surface area contributed by atoms with Crippen molar-refractivity contribution < 1.29 is 9.90 Å². The summed E-state index contributed by atoms with van der Waals surface area (Å²) in [6.45, 7) is 5.07. The molecular weight excluding hydrogens is 338 g/mol. The van der Waals surface area contributed by atoms with E-state index in [4.69, 9.17) is 0 Å². The molecule has 1 aromatic carbocycles. The fourth-order valence-corrected chi connectivity index (χ4v) is 4.22. The van der Waals surface area contributed by atoms with Crippen LogP contribution in [-0.2, 0) is 4.79 Å². The van der Waals surface area contributed by atoms with Crippen LogP contribution in [0.1, 0.15) is 32.1 Å². The van der Waals surface area contributed by atoms with Crippen molar-refractivity contribution in [2.24, 2.45) is 0 Å². The van der Waals surface area contributed by atoms with Gasteiger partial charge in [0.25, 0.3) is 5.91 Å². The smallest absolute Gasteiger partial charge is 0.253 e. The number of carbonyl (C=O) groups is 1. The quantitative estimate of drug-likeness (QED) is 0.890. The van der Waals surface area contributed by atoms with Gasteiger partial charge in [0.1, 0.15) is 5.75 Å². The molecule has 5 heteroatoms. The number of rotatable bonds is 3. The van der Waals surface area contributed by atoms with Gasteiger partial charge >= 0.3 is 0 Å². The number of aromatic hydroxyl groups is 1. The van der Waals surface area contributed by atoms with E-state index in [2.05, 4.69) is 21.9 Å². The lowest BCUT2D eigenvalue weighted by Crippen LogP contribution is -2.49. The first-order valence-electron chi connectivity index (χ1n) is 10.2. The van der Waals surface area contributed by atoms with Crippen molar-refractivity contribution in [1.29, 1.82) is 0 Å². The van der Waals surface area contributed by atoms with E-state index in [1.165, 1.54) is 24.9 Å². The molecular formula is C22H29N3O2. The van der Waals surface area contributed by atoms with Crippen molar-refractivity contribution >= 4 is 17.3 Å². The topological polar surface area (TPSA) is 47.0 Å². The van der Waals surface area contributed by atoms with E-state index >= 15 is 0 Å². The van der Waals surface area contributed by atoms with Crippen LogP contribution in [0, 0.1) is 0 Å². The summed E-state index contributed by atoms with van der Waals surface area (Å²) in [5.74, 6) is 0.463. The number of phenolic OH excluding ortho intramolecular Hbond substituents is 1. The van der Waals surface area contributed by atoms with E-state index in [1.54, 1.807) is 0 Å². The van der Waals surface area contributed by atoms with Gasteiger partial charge in [-0.1, -0.05) is 18.2 Å². The zero-order valence-corrected chi connectivity index (χ0v) is 15.9. The second-order valence-corrected chi connectivity index (χ2v) is 7.64. The Morgan fingerprint density at radius 1 is 0.889 bits per heavy atom. The number of piperazine rings is 1. The molecule has 1 amide bonds. The Morgan fingerprint density at radius 3 is 2.37 bits per heavy atom. The third-order valence-electron chi connectivity index (χ3n) is 5.83. The highest BCUT2D eigenvalue weighted by molar-refractivity contribution is 5.96. The molecule has 4 rings (SSSR count). The van der Waals surface area contributed by atoms with Gasteiger partial charge in [0.15, 0.2) is 0 Å². The zero-order valence-electron chi connectivity index (χ0n) is 15.9. The molecule has 3 aliphatic rings. The van der Waals surface area contributed by atoms with Crippen molar-refractivity contribution in [3.05, 3.63) is 42.0 Å². The third kappa shape index (κ3) is 3.97. The van der Waals surface area contributed by atoms with Crippen LogP contribution in [0.15, 0.2) is 42.0 Å². The van der Waals surface area contributed by atoms with Crippen molar-refractivity contribution in [1.82, 2.24) is 4.90 Å². The molecule has 2 heterocycles. The number of hydrogen-bond donors (Lipinski definition) is 1. The number of anilines is 2. The number of amides is 1. The van der Waals surface area contributed by atoms with E-state index in [0.717, 1.165) is 50.3 Å². The number of hydrogen-bond acceptors (Lipinski definition) is 4. The van der Waals surface area contributed by atoms with Gasteiger partial charge in [0, 0.05) is 50.5 Å². The van der Waals surface area contributed by atoms with Crippen LogP contribution in [0.3, 0.4) is 0 Å². The number of nitrogens with zero attached hydrogens (tertiary/aromatic N) is 3. The maximum atomic E-state index is 12.7. The van der Waals surface area contributed by atoms with E-state index in [1.807, 2.05) is 29.2 Å². The first kappa shape index (κ1) is 18.0. The molecule has 1 N–H and O–H groups in total. The van der Waals surface area contributed by atoms with Gasteiger partial charge in [-0.25, -0.2) is 0 Å². The van der Waals surface area contributed by atoms with Gasteiger partial charge < -0.3 is 19.8 Å². The molecule has 1 aliphatic carbocycles. The van der Waals surface area contributed by atoms with Crippen LogP contribution in [0.2, 0.25) is 0 Å². The van der Waals surface area contributed by atoms with Gasteiger partial charge in [-0.05, 0) is 50.3 Å². The Balaban J connectivity index is 1.42. The van der Waals surface area contributed by atoms with Gasteiger partial charge in [-0.2, -0.15) is 0 Å². The van der Waals surface area contributed by atoms with Crippen molar-refractivity contribution in [3.8, 4) is 5.75 Å². The molecule has 0 bridgehead atoms. The molecule has 0 spiro atoms. The predicted octanol–water partition coefficient (Wildman–Crippen LogP) is 3.31. The molecule has 5 nitrogen and oxygen atoms in total. The van der Waals surface area contributed by atoms with E-state index < -0.39 is 0 Å². The Labute approximate surface area is 161 Å².